The normalized spacial score (nSPS) is 14.8. The van der Waals surface area contributed by atoms with Gasteiger partial charge in [-0.2, -0.15) is 0 Å². The summed E-state index contributed by atoms with van der Waals surface area (Å²) in [4.78, 5) is 72.9. The highest BCUT2D eigenvalue weighted by atomic mass is 35.5. The molecule has 0 aromatic heterocycles. The van der Waals surface area contributed by atoms with Crippen LogP contribution >= 0.6 is 23.2 Å². The number of carbonyl (C=O) groups is 6. The summed E-state index contributed by atoms with van der Waals surface area (Å²) in [7, 11) is 0. The van der Waals surface area contributed by atoms with Crippen LogP contribution in [0.25, 0.3) is 0 Å². The predicted molar refractivity (Wildman–Crippen MR) is 173 cm³/mol. The Morgan fingerprint density at radius 3 is 2.17 bits per heavy atom. The number of Topliss-reactive ketones (excluding diaryl/α,β-unsaturated/α-hetero) is 1. The zero-order valence-electron chi connectivity index (χ0n) is 25.7. The molecule has 1 saturated carbocycles. The molecular weight excluding hydrogens is 637 g/mol. The van der Waals surface area contributed by atoms with Crippen LogP contribution in [0.4, 0.5) is 5.69 Å². The molecule has 0 bridgehead atoms. The lowest BCUT2D eigenvalue weighted by molar-refractivity contribution is -0.141. The molecule has 0 spiro atoms. The number of ether oxygens (including phenoxy) is 1. The summed E-state index contributed by atoms with van der Waals surface area (Å²) in [6, 6.07) is 8.15. The third-order valence-corrected chi connectivity index (χ3v) is 8.40. The van der Waals surface area contributed by atoms with E-state index in [-0.39, 0.29) is 15.6 Å². The molecule has 13 heteroatoms. The zero-order chi connectivity index (χ0) is 33.6. The number of ketones is 1. The summed E-state index contributed by atoms with van der Waals surface area (Å²) < 4.78 is 4.90. The van der Waals surface area contributed by atoms with Crippen LogP contribution in [0.3, 0.4) is 0 Å². The van der Waals surface area contributed by atoms with Crippen molar-refractivity contribution in [1.29, 1.82) is 0 Å². The number of hydrogen-bond donors (Lipinski definition) is 4. The van der Waals surface area contributed by atoms with Gasteiger partial charge in [-0.15, -0.1) is 0 Å². The molecule has 11 nitrogen and oxygen atoms in total. The Bertz CT molecular complexity index is 1420. The van der Waals surface area contributed by atoms with Crippen molar-refractivity contribution in [3.05, 3.63) is 63.1 Å². The van der Waals surface area contributed by atoms with E-state index >= 15 is 0 Å². The van der Waals surface area contributed by atoms with Crippen LogP contribution in [0.2, 0.25) is 10.0 Å². The van der Waals surface area contributed by atoms with E-state index in [1.807, 2.05) is 6.07 Å². The fourth-order valence-electron chi connectivity index (χ4n) is 5.29. The minimum Gasteiger partial charge on any atom is -0.481 e. The number of esters is 1. The molecule has 2 aliphatic carbocycles. The molecule has 0 aliphatic heterocycles. The lowest BCUT2D eigenvalue weighted by Crippen LogP contribution is -2.48. The number of rotatable bonds is 10. The molecule has 248 valence electrons. The largest absolute Gasteiger partial charge is 0.481 e. The van der Waals surface area contributed by atoms with Gasteiger partial charge in [0.05, 0.1) is 28.6 Å². The van der Waals surface area contributed by atoms with E-state index in [2.05, 4.69) is 22.9 Å². The van der Waals surface area contributed by atoms with E-state index in [0.29, 0.717) is 5.69 Å². The van der Waals surface area contributed by atoms with Crippen molar-refractivity contribution < 1.29 is 38.6 Å². The Morgan fingerprint density at radius 1 is 0.891 bits per heavy atom. The molecule has 4 rings (SSSR count). The number of benzene rings is 2. The topological polar surface area (TPSA) is 168 Å². The number of fused-ring (bicyclic) bond motifs is 1. The van der Waals surface area contributed by atoms with Crippen molar-refractivity contribution >= 4 is 64.3 Å². The van der Waals surface area contributed by atoms with Crippen LogP contribution in [0.5, 0.6) is 0 Å². The minimum atomic E-state index is -1.58. The van der Waals surface area contributed by atoms with Crippen LogP contribution in [0.15, 0.2) is 36.4 Å². The first kappa shape index (κ1) is 36.5. The Kier molecular flexibility index (Phi) is 14.5. The number of carboxylic acid groups (broad SMARTS) is 1. The van der Waals surface area contributed by atoms with Gasteiger partial charge in [0.2, 0.25) is 5.91 Å². The van der Waals surface area contributed by atoms with Gasteiger partial charge in [-0.1, -0.05) is 80.4 Å². The highest BCUT2D eigenvalue weighted by Crippen LogP contribution is 2.28. The molecule has 1 atom stereocenters. The van der Waals surface area contributed by atoms with Gasteiger partial charge >= 0.3 is 23.8 Å². The second-order valence-corrected chi connectivity index (χ2v) is 12.2. The number of hydrogen-bond acceptors (Lipinski definition) is 7. The number of aryl methyl sites for hydroxylation is 1. The van der Waals surface area contributed by atoms with Crippen LogP contribution in [-0.2, 0) is 41.6 Å². The molecule has 0 saturated heterocycles. The van der Waals surface area contributed by atoms with Crippen molar-refractivity contribution in [2.24, 2.45) is 5.92 Å². The fraction of sp³-hybridized carbons (Fsp3) is 0.455. The number of carboxylic acids is 1. The Morgan fingerprint density at radius 2 is 1.54 bits per heavy atom. The SMILES string of the molecule is CC1CCCCC1.O=C(O)C[C@H](NC(=O)CNC(=O)C(=O)Nc1cccc2c1CCCC2)C(=O)COC(=O)c1c(Cl)cccc1Cl. The van der Waals surface area contributed by atoms with Gasteiger partial charge in [0.1, 0.15) is 6.04 Å². The molecule has 0 radical (unpaired) electrons. The molecular formula is C33H39Cl2N3O8. The average Bonchev–Trinajstić information content (AvgIpc) is 3.02. The maximum Gasteiger partial charge on any atom is 0.341 e. The third kappa shape index (κ3) is 11.4. The molecule has 0 heterocycles. The van der Waals surface area contributed by atoms with Crippen molar-refractivity contribution in [3.63, 3.8) is 0 Å². The maximum absolute atomic E-state index is 12.5. The van der Waals surface area contributed by atoms with Crippen molar-refractivity contribution in [1.82, 2.24) is 10.6 Å². The lowest BCUT2D eigenvalue weighted by Gasteiger charge is -2.19. The second kappa shape index (κ2) is 18.3. The van der Waals surface area contributed by atoms with Gasteiger partial charge in [0, 0.05) is 5.69 Å². The van der Waals surface area contributed by atoms with Gasteiger partial charge in [-0.25, -0.2) is 4.79 Å². The Hall–Kier alpha value is -3.96. The van der Waals surface area contributed by atoms with Crippen LogP contribution in [-0.4, -0.2) is 59.7 Å². The first-order valence-electron chi connectivity index (χ1n) is 15.3. The van der Waals surface area contributed by atoms with Crippen molar-refractivity contribution in [2.45, 2.75) is 77.2 Å². The summed E-state index contributed by atoms with van der Waals surface area (Å²) in [5.74, 6) is -5.33. The van der Waals surface area contributed by atoms with Crippen molar-refractivity contribution in [3.8, 4) is 0 Å². The molecule has 2 aromatic rings. The summed E-state index contributed by atoms with van der Waals surface area (Å²) in [6.45, 7) is 0.769. The molecule has 46 heavy (non-hydrogen) atoms. The summed E-state index contributed by atoms with van der Waals surface area (Å²) in [6.07, 6.45) is 10.3. The van der Waals surface area contributed by atoms with E-state index in [0.717, 1.165) is 42.7 Å². The zero-order valence-corrected chi connectivity index (χ0v) is 27.2. The smallest absolute Gasteiger partial charge is 0.341 e. The monoisotopic (exact) mass is 675 g/mol. The van der Waals surface area contributed by atoms with E-state index < -0.39 is 61.1 Å². The molecule has 1 fully saturated rings. The number of anilines is 1. The Labute approximate surface area is 277 Å². The van der Waals surface area contributed by atoms with Gasteiger partial charge in [0.15, 0.2) is 12.4 Å². The lowest BCUT2D eigenvalue weighted by atomic mass is 9.90. The number of aliphatic carboxylic acids is 1. The van der Waals surface area contributed by atoms with E-state index in [4.69, 9.17) is 33.0 Å². The van der Waals surface area contributed by atoms with Crippen LogP contribution in [0, 0.1) is 5.92 Å². The second-order valence-electron chi connectivity index (χ2n) is 11.4. The standard InChI is InChI=1S/C26H25Cl2N3O8.C7H14/c27-16-8-4-9-17(28)23(16)26(38)39-13-20(32)19(11-22(34)35)30-21(33)12-29-24(36)25(37)31-18-10-3-6-14-5-1-2-7-15(14)18;1-7-5-3-2-4-6-7/h3-4,6,8-10,19H,1-2,5,7,11-13H2,(H,29,36)(H,30,33)(H,31,37)(H,34,35);7H,2-6H2,1H3/t19-;/m0./s1. The molecule has 2 aliphatic rings. The predicted octanol–water partition coefficient (Wildman–Crippen LogP) is 4.90. The summed E-state index contributed by atoms with van der Waals surface area (Å²) in [5, 5.41) is 15.9. The molecule has 4 N–H and O–H groups in total. The molecule has 0 unspecified atom stereocenters. The maximum atomic E-state index is 12.5. The third-order valence-electron chi connectivity index (χ3n) is 7.77. The number of amides is 3. The van der Waals surface area contributed by atoms with Gasteiger partial charge in [-0.05, 0) is 60.9 Å². The van der Waals surface area contributed by atoms with Crippen LogP contribution < -0.4 is 16.0 Å². The van der Waals surface area contributed by atoms with Crippen LogP contribution in [0.1, 0.15) is 79.8 Å². The summed E-state index contributed by atoms with van der Waals surface area (Å²) >= 11 is 11.9. The summed E-state index contributed by atoms with van der Waals surface area (Å²) in [5.41, 5.74) is 2.42. The first-order chi connectivity index (χ1) is 22.0. The highest BCUT2D eigenvalue weighted by Gasteiger charge is 2.27. The van der Waals surface area contributed by atoms with Gasteiger partial charge < -0.3 is 25.8 Å². The van der Waals surface area contributed by atoms with Gasteiger partial charge in [0.25, 0.3) is 0 Å². The van der Waals surface area contributed by atoms with E-state index in [1.165, 1.54) is 50.3 Å². The molecule has 3 amide bonds. The van der Waals surface area contributed by atoms with E-state index in [9.17, 15) is 28.8 Å². The quantitative estimate of drug-likeness (QED) is 0.204. The highest BCUT2D eigenvalue weighted by molar-refractivity contribution is 6.40. The number of halogens is 2. The van der Waals surface area contributed by atoms with Gasteiger partial charge in [-0.3, -0.25) is 24.0 Å². The number of nitrogens with one attached hydrogen (secondary N) is 3. The molecule has 2 aromatic carbocycles. The first-order valence-corrected chi connectivity index (χ1v) is 16.1. The fourth-order valence-corrected chi connectivity index (χ4v) is 5.84. The van der Waals surface area contributed by atoms with Crippen molar-refractivity contribution in [2.75, 3.05) is 18.5 Å². The van der Waals surface area contributed by atoms with E-state index in [1.54, 1.807) is 12.1 Å². The minimum absolute atomic E-state index is 0.0118. The Balaban J connectivity index is 0.000000724. The number of carbonyl (C=O) groups excluding carboxylic acids is 5. The average molecular weight is 677 g/mol.